The fraction of sp³-hybridized carbons (Fsp3) is 0.0714. The first-order valence-electron chi connectivity index (χ1n) is 5.47. The van der Waals surface area contributed by atoms with Crippen molar-refractivity contribution in [1.82, 2.24) is 0 Å². The highest BCUT2D eigenvalue weighted by atomic mass is 79.9. The lowest BCUT2D eigenvalue weighted by Gasteiger charge is -2.07. The van der Waals surface area contributed by atoms with E-state index in [1.165, 1.54) is 18.2 Å². The van der Waals surface area contributed by atoms with Gasteiger partial charge in [0.05, 0.1) is 10.0 Å². The van der Waals surface area contributed by atoms with Crippen molar-refractivity contribution < 1.29 is 8.78 Å². The summed E-state index contributed by atoms with van der Waals surface area (Å²) < 4.78 is 26.8. The lowest BCUT2D eigenvalue weighted by Crippen LogP contribution is -2.00. The summed E-state index contributed by atoms with van der Waals surface area (Å²) in [5.74, 6) is -0.900. The second-order valence-electron chi connectivity index (χ2n) is 3.91. The predicted octanol–water partition coefficient (Wildman–Crippen LogP) is 4.21. The molecule has 2 aromatic rings. The third-order valence-corrected chi connectivity index (χ3v) is 3.21. The van der Waals surface area contributed by atoms with E-state index in [-0.39, 0.29) is 11.4 Å². The molecule has 0 aliphatic heterocycles. The molecule has 1 N–H and O–H groups in total. The molecule has 19 heavy (non-hydrogen) atoms. The van der Waals surface area contributed by atoms with Crippen LogP contribution in [0.2, 0.25) is 0 Å². The van der Waals surface area contributed by atoms with Crippen LogP contribution in [0, 0.1) is 23.0 Å². The largest absolute Gasteiger partial charge is 0.381 e. The second-order valence-corrected chi connectivity index (χ2v) is 4.76. The molecule has 0 aliphatic carbocycles. The number of nitriles is 1. The van der Waals surface area contributed by atoms with Crippen LogP contribution in [0.3, 0.4) is 0 Å². The van der Waals surface area contributed by atoms with Gasteiger partial charge in [0, 0.05) is 12.2 Å². The molecule has 0 saturated carbocycles. The fourth-order valence-corrected chi connectivity index (χ4v) is 1.82. The monoisotopic (exact) mass is 322 g/mol. The average Bonchev–Trinajstić information content (AvgIpc) is 2.41. The summed E-state index contributed by atoms with van der Waals surface area (Å²) in [5.41, 5.74) is 1.37. The van der Waals surface area contributed by atoms with Crippen LogP contribution in [0.15, 0.2) is 40.9 Å². The lowest BCUT2D eigenvalue weighted by atomic mass is 10.1. The zero-order chi connectivity index (χ0) is 13.8. The first-order chi connectivity index (χ1) is 9.10. The topological polar surface area (TPSA) is 35.8 Å². The lowest BCUT2D eigenvalue weighted by molar-refractivity contribution is 0.621. The third-order valence-electron chi connectivity index (χ3n) is 2.57. The van der Waals surface area contributed by atoms with Gasteiger partial charge in [-0.25, -0.2) is 8.78 Å². The van der Waals surface area contributed by atoms with E-state index in [0.29, 0.717) is 16.7 Å². The quantitative estimate of drug-likeness (QED) is 0.918. The highest BCUT2D eigenvalue weighted by Crippen LogP contribution is 2.20. The molecule has 0 radical (unpaired) electrons. The van der Waals surface area contributed by atoms with Crippen molar-refractivity contribution in [2.24, 2.45) is 0 Å². The van der Waals surface area contributed by atoms with Crippen LogP contribution in [0.1, 0.15) is 11.1 Å². The van der Waals surface area contributed by atoms with Crippen molar-refractivity contribution in [3.63, 3.8) is 0 Å². The van der Waals surface area contributed by atoms with Gasteiger partial charge < -0.3 is 5.32 Å². The molecular formula is C14H9BrF2N2. The maximum atomic E-state index is 13.3. The number of hydrogen-bond donors (Lipinski definition) is 1. The highest BCUT2D eigenvalue weighted by molar-refractivity contribution is 9.10. The molecule has 2 rings (SSSR count). The molecule has 0 aromatic heterocycles. The molecule has 0 bridgehead atoms. The molecule has 96 valence electrons. The van der Waals surface area contributed by atoms with Gasteiger partial charge in [-0.2, -0.15) is 5.26 Å². The van der Waals surface area contributed by atoms with Crippen LogP contribution in [-0.2, 0) is 6.54 Å². The van der Waals surface area contributed by atoms with E-state index in [4.69, 9.17) is 5.26 Å². The van der Waals surface area contributed by atoms with Crippen LogP contribution < -0.4 is 5.32 Å². The number of hydrogen-bond acceptors (Lipinski definition) is 2. The predicted molar refractivity (Wildman–Crippen MR) is 72.5 cm³/mol. The van der Waals surface area contributed by atoms with Crippen molar-refractivity contribution in [3.8, 4) is 6.07 Å². The first kappa shape index (κ1) is 13.5. The van der Waals surface area contributed by atoms with E-state index in [9.17, 15) is 8.78 Å². The van der Waals surface area contributed by atoms with E-state index in [0.717, 1.165) is 5.56 Å². The molecule has 0 spiro atoms. The Morgan fingerprint density at radius 3 is 2.58 bits per heavy atom. The minimum absolute atomic E-state index is 0.00119. The summed E-state index contributed by atoms with van der Waals surface area (Å²) >= 11 is 3.07. The molecule has 0 saturated heterocycles. The Bertz CT molecular complexity index is 650. The van der Waals surface area contributed by atoms with Gasteiger partial charge >= 0.3 is 0 Å². The SMILES string of the molecule is N#Cc1cc(CNc2ccc(Br)c(F)c2)ccc1F. The highest BCUT2D eigenvalue weighted by Gasteiger charge is 2.04. The Morgan fingerprint density at radius 1 is 1.11 bits per heavy atom. The number of halogens is 3. The second kappa shape index (κ2) is 5.81. The summed E-state index contributed by atoms with van der Waals surface area (Å²) in [6.07, 6.45) is 0. The average molecular weight is 323 g/mol. The molecule has 0 amide bonds. The molecule has 2 aromatic carbocycles. The summed E-state index contributed by atoms with van der Waals surface area (Å²) in [6, 6.07) is 10.8. The third kappa shape index (κ3) is 3.30. The number of benzene rings is 2. The first-order valence-corrected chi connectivity index (χ1v) is 6.27. The Balaban J connectivity index is 2.10. The Morgan fingerprint density at radius 2 is 1.89 bits per heavy atom. The summed E-state index contributed by atoms with van der Waals surface area (Å²) in [5, 5.41) is 11.7. The molecule has 5 heteroatoms. The number of anilines is 1. The fourth-order valence-electron chi connectivity index (χ4n) is 1.58. The zero-order valence-corrected chi connectivity index (χ0v) is 11.3. The van der Waals surface area contributed by atoms with Gasteiger partial charge in [0.1, 0.15) is 17.7 Å². The van der Waals surface area contributed by atoms with E-state index >= 15 is 0 Å². The summed E-state index contributed by atoms with van der Waals surface area (Å²) in [7, 11) is 0. The maximum Gasteiger partial charge on any atom is 0.140 e. The van der Waals surface area contributed by atoms with E-state index in [1.807, 2.05) is 0 Å². The molecule has 0 aliphatic rings. The van der Waals surface area contributed by atoms with Crippen LogP contribution in [0.25, 0.3) is 0 Å². The molecule has 0 fully saturated rings. The normalized spacial score (nSPS) is 10.0. The number of nitrogens with zero attached hydrogens (tertiary/aromatic N) is 1. The number of nitrogens with one attached hydrogen (secondary N) is 1. The molecular weight excluding hydrogens is 314 g/mol. The van der Waals surface area contributed by atoms with Gasteiger partial charge in [-0.05, 0) is 51.8 Å². The maximum absolute atomic E-state index is 13.3. The van der Waals surface area contributed by atoms with Gasteiger partial charge in [0.25, 0.3) is 0 Å². The Labute approximate surface area is 117 Å². The van der Waals surface area contributed by atoms with Crippen molar-refractivity contribution >= 4 is 21.6 Å². The minimum Gasteiger partial charge on any atom is -0.381 e. The van der Waals surface area contributed by atoms with Crippen LogP contribution in [-0.4, -0.2) is 0 Å². The van der Waals surface area contributed by atoms with Crippen molar-refractivity contribution in [2.45, 2.75) is 6.54 Å². The van der Waals surface area contributed by atoms with Gasteiger partial charge in [0.15, 0.2) is 0 Å². The van der Waals surface area contributed by atoms with Gasteiger partial charge in [-0.15, -0.1) is 0 Å². The van der Waals surface area contributed by atoms with Gasteiger partial charge in [-0.3, -0.25) is 0 Å². The summed E-state index contributed by atoms with van der Waals surface area (Å²) in [4.78, 5) is 0. The smallest absolute Gasteiger partial charge is 0.140 e. The molecule has 0 heterocycles. The van der Waals surface area contributed by atoms with Gasteiger partial charge in [-0.1, -0.05) is 6.07 Å². The zero-order valence-electron chi connectivity index (χ0n) is 9.75. The van der Waals surface area contributed by atoms with E-state index in [1.54, 1.807) is 24.3 Å². The molecule has 0 atom stereocenters. The Hall–Kier alpha value is -1.93. The minimum atomic E-state index is -0.541. The summed E-state index contributed by atoms with van der Waals surface area (Å²) in [6.45, 7) is 0.385. The van der Waals surface area contributed by atoms with Crippen molar-refractivity contribution in [1.29, 1.82) is 5.26 Å². The van der Waals surface area contributed by atoms with Gasteiger partial charge in [0.2, 0.25) is 0 Å². The molecule has 2 nitrogen and oxygen atoms in total. The van der Waals surface area contributed by atoms with Crippen molar-refractivity contribution in [3.05, 3.63) is 63.6 Å². The van der Waals surface area contributed by atoms with E-state index < -0.39 is 5.82 Å². The van der Waals surface area contributed by atoms with Crippen LogP contribution in [0.5, 0.6) is 0 Å². The van der Waals surface area contributed by atoms with Crippen molar-refractivity contribution in [2.75, 3.05) is 5.32 Å². The van der Waals surface area contributed by atoms with E-state index in [2.05, 4.69) is 21.2 Å². The Kier molecular flexibility index (Phi) is 4.13. The van der Waals surface area contributed by atoms with Crippen LogP contribution >= 0.6 is 15.9 Å². The molecule has 0 unspecified atom stereocenters. The van der Waals surface area contributed by atoms with Crippen LogP contribution in [0.4, 0.5) is 14.5 Å². The standard InChI is InChI=1S/C14H9BrF2N2/c15-12-3-2-11(6-14(12)17)19-8-9-1-4-13(16)10(5-9)7-18/h1-6,19H,8H2. The number of rotatable bonds is 3.